The van der Waals surface area contributed by atoms with E-state index in [2.05, 4.69) is 24.5 Å². The Morgan fingerprint density at radius 3 is 2.61 bits per heavy atom. The molecule has 2 nitrogen and oxygen atoms in total. The van der Waals surface area contributed by atoms with Crippen LogP contribution in [0.5, 0.6) is 0 Å². The largest absolute Gasteiger partial charge is 0.362 e. The van der Waals surface area contributed by atoms with Crippen LogP contribution in [0.1, 0.15) is 13.8 Å². The average molecular weight is 290 g/mol. The number of nitrogens with one attached hydrogen (secondary N) is 2. The number of hydrogen-bond donors (Lipinski definition) is 2. The summed E-state index contributed by atoms with van der Waals surface area (Å²) in [5.41, 5.74) is 0.601. The minimum atomic E-state index is -2.44. The van der Waals surface area contributed by atoms with Crippen molar-refractivity contribution in [2.24, 2.45) is 5.92 Å². The van der Waals surface area contributed by atoms with Gasteiger partial charge in [-0.2, -0.15) is 8.78 Å². The minimum Gasteiger partial charge on any atom is -0.362 e. The molecule has 0 aromatic heterocycles. The van der Waals surface area contributed by atoms with E-state index >= 15 is 0 Å². The molecule has 6 heteroatoms. The van der Waals surface area contributed by atoms with E-state index in [1.54, 1.807) is 24.3 Å². The van der Waals surface area contributed by atoms with Gasteiger partial charge >= 0.3 is 0 Å². The summed E-state index contributed by atoms with van der Waals surface area (Å²) in [7, 11) is 0. The van der Waals surface area contributed by atoms with Crippen molar-refractivity contribution in [1.29, 1.82) is 0 Å². The summed E-state index contributed by atoms with van der Waals surface area (Å²) < 4.78 is 24.8. The molecule has 0 unspecified atom stereocenters. The molecule has 1 rings (SSSR count). The number of benzene rings is 1. The number of halogens is 2. The Kier molecular flexibility index (Phi) is 6.35. The van der Waals surface area contributed by atoms with E-state index in [1.807, 2.05) is 0 Å². The van der Waals surface area contributed by atoms with Crippen LogP contribution < -0.4 is 10.6 Å². The fourth-order valence-electron chi connectivity index (χ4n) is 1.23. The maximum absolute atomic E-state index is 12.4. The molecule has 0 saturated heterocycles. The number of alkyl halides is 2. The molecule has 0 heterocycles. The number of para-hydroxylation sites is 1. The van der Waals surface area contributed by atoms with Gasteiger partial charge in [0.05, 0.1) is 5.69 Å². The Bertz CT molecular complexity index is 397. The van der Waals surface area contributed by atoms with Crippen molar-refractivity contribution in [1.82, 2.24) is 5.32 Å². The first-order valence-electron chi connectivity index (χ1n) is 5.57. The quantitative estimate of drug-likeness (QED) is 0.633. The van der Waals surface area contributed by atoms with Crippen LogP contribution in [0.15, 0.2) is 29.2 Å². The van der Waals surface area contributed by atoms with Crippen LogP contribution >= 0.6 is 24.0 Å². The van der Waals surface area contributed by atoms with Gasteiger partial charge in [0, 0.05) is 11.4 Å². The van der Waals surface area contributed by atoms with E-state index < -0.39 is 5.76 Å². The number of rotatable bonds is 5. The highest BCUT2D eigenvalue weighted by atomic mass is 32.2. The molecular weight excluding hydrogens is 274 g/mol. The molecule has 2 N–H and O–H groups in total. The molecule has 0 aliphatic heterocycles. The fourth-order valence-corrected chi connectivity index (χ4v) is 2.02. The van der Waals surface area contributed by atoms with Gasteiger partial charge in [-0.05, 0) is 30.3 Å². The number of thiocarbonyl (C=S) groups is 1. The molecular formula is C12H16F2N2S2. The van der Waals surface area contributed by atoms with E-state index in [0.717, 1.165) is 6.54 Å². The molecule has 1 aromatic rings. The van der Waals surface area contributed by atoms with Crippen molar-refractivity contribution < 1.29 is 8.78 Å². The highest BCUT2D eigenvalue weighted by molar-refractivity contribution is 7.99. The molecule has 0 atom stereocenters. The van der Waals surface area contributed by atoms with E-state index in [9.17, 15) is 8.78 Å². The van der Waals surface area contributed by atoms with Crippen LogP contribution in [0.25, 0.3) is 0 Å². The maximum Gasteiger partial charge on any atom is 0.288 e. The van der Waals surface area contributed by atoms with Crippen LogP contribution in [0, 0.1) is 5.92 Å². The summed E-state index contributed by atoms with van der Waals surface area (Å²) in [6, 6.07) is 6.88. The van der Waals surface area contributed by atoms with Gasteiger partial charge in [0.1, 0.15) is 0 Å². The number of hydrogen-bond acceptors (Lipinski definition) is 2. The zero-order valence-electron chi connectivity index (χ0n) is 10.2. The smallest absolute Gasteiger partial charge is 0.288 e. The van der Waals surface area contributed by atoms with Crippen molar-refractivity contribution in [2.45, 2.75) is 24.5 Å². The van der Waals surface area contributed by atoms with E-state index in [0.29, 0.717) is 33.4 Å². The van der Waals surface area contributed by atoms with Crippen LogP contribution in [0.3, 0.4) is 0 Å². The van der Waals surface area contributed by atoms with Gasteiger partial charge < -0.3 is 10.6 Å². The summed E-state index contributed by atoms with van der Waals surface area (Å²) in [6.07, 6.45) is 0. The molecule has 0 aliphatic carbocycles. The minimum absolute atomic E-state index is 0.450. The second-order valence-corrected chi connectivity index (χ2v) is 5.54. The summed E-state index contributed by atoms with van der Waals surface area (Å²) in [5, 5.41) is 6.42. The second kappa shape index (κ2) is 7.53. The molecule has 0 spiro atoms. The van der Waals surface area contributed by atoms with Crippen LogP contribution in [0.4, 0.5) is 14.5 Å². The molecule has 100 valence electrons. The van der Waals surface area contributed by atoms with Gasteiger partial charge in [-0.1, -0.05) is 37.7 Å². The van der Waals surface area contributed by atoms with E-state index in [1.165, 1.54) is 0 Å². The molecule has 0 saturated carbocycles. The lowest BCUT2D eigenvalue weighted by Gasteiger charge is -2.14. The van der Waals surface area contributed by atoms with Gasteiger partial charge in [0.2, 0.25) is 0 Å². The predicted molar refractivity (Wildman–Crippen MR) is 77.4 cm³/mol. The van der Waals surface area contributed by atoms with Gasteiger partial charge in [0.25, 0.3) is 5.76 Å². The second-order valence-electron chi connectivity index (χ2n) is 4.10. The summed E-state index contributed by atoms with van der Waals surface area (Å²) in [5.74, 6) is -1.97. The van der Waals surface area contributed by atoms with Gasteiger partial charge in [-0.15, -0.1) is 0 Å². The molecule has 0 amide bonds. The average Bonchev–Trinajstić information content (AvgIpc) is 2.28. The summed E-state index contributed by atoms with van der Waals surface area (Å²) in [6.45, 7) is 4.88. The van der Waals surface area contributed by atoms with Gasteiger partial charge in [-0.25, -0.2) is 0 Å². The van der Waals surface area contributed by atoms with Gasteiger partial charge in [-0.3, -0.25) is 0 Å². The van der Waals surface area contributed by atoms with Crippen molar-refractivity contribution in [3.05, 3.63) is 24.3 Å². The molecule has 0 radical (unpaired) electrons. The van der Waals surface area contributed by atoms with Crippen molar-refractivity contribution in [3.63, 3.8) is 0 Å². The van der Waals surface area contributed by atoms with E-state index in [-0.39, 0.29) is 0 Å². The molecule has 1 aromatic carbocycles. The fraction of sp³-hybridized carbons (Fsp3) is 0.417. The SMILES string of the molecule is CC(C)CNC(=S)Nc1ccccc1SC(F)F. The maximum atomic E-state index is 12.4. The highest BCUT2D eigenvalue weighted by Gasteiger charge is 2.10. The van der Waals surface area contributed by atoms with Crippen LogP contribution in [0.2, 0.25) is 0 Å². The lowest BCUT2D eigenvalue weighted by Crippen LogP contribution is -2.31. The monoisotopic (exact) mass is 290 g/mol. The lowest BCUT2D eigenvalue weighted by molar-refractivity contribution is 0.252. The summed E-state index contributed by atoms with van der Waals surface area (Å²) in [4.78, 5) is 0.487. The predicted octanol–water partition coefficient (Wildman–Crippen LogP) is 3.94. The van der Waals surface area contributed by atoms with Crippen molar-refractivity contribution in [3.8, 4) is 0 Å². The Hall–Kier alpha value is -0.880. The molecule has 0 aliphatic rings. The first-order valence-corrected chi connectivity index (χ1v) is 6.86. The third kappa shape index (κ3) is 5.64. The topological polar surface area (TPSA) is 24.1 Å². The Morgan fingerprint density at radius 2 is 2.00 bits per heavy atom. The lowest BCUT2D eigenvalue weighted by atomic mass is 10.2. The van der Waals surface area contributed by atoms with E-state index in [4.69, 9.17) is 12.2 Å². The van der Waals surface area contributed by atoms with Crippen LogP contribution in [-0.2, 0) is 0 Å². The third-order valence-corrected chi connectivity index (χ3v) is 3.06. The number of anilines is 1. The standard InChI is InChI=1S/C12H16F2N2S2/c1-8(2)7-15-12(17)16-9-5-3-4-6-10(9)18-11(13)14/h3-6,8,11H,7H2,1-2H3,(H2,15,16,17). The normalized spacial score (nSPS) is 10.8. The molecule has 18 heavy (non-hydrogen) atoms. The third-order valence-electron chi connectivity index (χ3n) is 2.02. The highest BCUT2D eigenvalue weighted by Crippen LogP contribution is 2.31. The molecule has 0 bridgehead atoms. The summed E-state index contributed by atoms with van der Waals surface area (Å²) >= 11 is 5.62. The van der Waals surface area contributed by atoms with Crippen LogP contribution in [-0.4, -0.2) is 17.4 Å². The number of thioether (sulfide) groups is 1. The zero-order chi connectivity index (χ0) is 13.5. The first-order chi connectivity index (χ1) is 8.49. The van der Waals surface area contributed by atoms with Gasteiger partial charge in [0.15, 0.2) is 5.11 Å². The Morgan fingerprint density at radius 1 is 1.33 bits per heavy atom. The zero-order valence-corrected chi connectivity index (χ0v) is 11.9. The van der Waals surface area contributed by atoms with Crippen molar-refractivity contribution >= 4 is 34.8 Å². The Balaban J connectivity index is 2.63. The Labute approximate surface area is 116 Å². The molecule has 0 fully saturated rings. The first kappa shape index (κ1) is 15.2. The van der Waals surface area contributed by atoms with Crippen molar-refractivity contribution in [2.75, 3.05) is 11.9 Å².